The fraction of sp³-hybridized carbons (Fsp3) is 0.320. The van der Waals surface area contributed by atoms with Gasteiger partial charge in [-0.05, 0) is 47.9 Å². The van der Waals surface area contributed by atoms with E-state index < -0.39 is 12.1 Å². The Labute approximate surface area is 214 Å². The first-order valence-electron chi connectivity index (χ1n) is 11.6. The maximum Gasteiger partial charge on any atom is 0.490 e. The average molecular weight is 534 g/mol. The van der Waals surface area contributed by atoms with Crippen molar-refractivity contribution >= 4 is 17.0 Å². The van der Waals surface area contributed by atoms with Gasteiger partial charge in [0, 0.05) is 24.8 Å². The van der Waals surface area contributed by atoms with E-state index in [-0.39, 0.29) is 12.5 Å². The molecule has 1 unspecified atom stereocenters. The number of carbonyl (C=O) groups is 1. The number of aliphatic hydroxyl groups excluding tert-OH is 1. The fourth-order valence-corrected chi connectivity index (χ4v) is 3.90. The van der Waals surface area contributed by atoms with Crippen LogP contribution in [0.15, 0.2) is 42.7 Å². The summed E-state index contributed by atoms with van der Waals surface area (Å²) < 4.78 is 49.1. The van der Waals surface area contributed by atoms with Crippen molar-refractivity contribution < 1.29 is 42.4 Å². The number of benzene rings is 2. The number of carboxylic acids is 1. The van der Waals surface area contributed by atoms with Gasteiger partial charge in [0.1, 0.15) is 28.6 Å². The van der Waals surface area contributed by atoms with E-state index in [1.165, 1.54) is 0 Å². The summed E-state index contributed by atoms with van der Waals surface area (Å²) in [4.78, 5) is 17.2. The van der Waals surface area contributed by atoms with Crippen LogP contribution >= 0.6 is 0 Å². The maximum atomic E-state index is 10.6. The van der Waals surface area contributed by atoms with Crippen LogP contribution in [-0.4, -0.2) is 69.5 Å². The fourth-order valence-electron chi connectivity index (χ4n) is 3.90. The number of nitrogens with zero attached hydrogens (tertiary/aromatic N) is 2. The molecular weight excluding hydrogens is 509 g/mol. The molecule has 0 saturated carbocycles. The predicted octanol–water partition coefficient (Wildman–Crippen LogP) is 4.07. The lowest BCUT2D eigenvalue weighted by Crippen LogP contribution is -2.21. The van der Waals surface area contributed by atoms with Crippen LogP contribution in [0.2, 0.25) is 0 Å². The number of rotatable bonds is 7. The highest BCUT2D eigenvalue weighted by Crippen LogP contribution is 2.37. The Hall–Kier alpha value is -4.26. The van der Waals surface area contributed by atoms with Gasteiger partial charge in [0.2, 0.25) is 0 Å². The minimum Gasteiger partial charge on any atom is -0.497 e. The zero-order valence-electron chi connectivity index (χ0n) is 20.2. The third-order valence-corrected chi connectivity index (χ3v) is 5.76. The highest BCUT2D eigenvalue weighted by molar-refractivity contribution is 5.87. The van der Waals surface area contributed by atoms with Crippen molar-refractivity contribution in [3.8, 4) is 28.4 Å². The molecule has 38 heavy (non-hydrogen) atoms. The SMILES string of the molecule is COc1ccc2c(c1)CC(c1nc3c(OCCCO)cc(-c4cn[nH]c4)cc3[nH]1)CO2.O=C(O)C(F)(F)F. The zero-order valence-corrected chi connectivity index (χ0v) is 20.2. The molecule has 0 aliphatic carbocycles. The Bertz CT molecular complexity index is 1390. The molecule has 1 aliphatic heterocycles. The summed E-state index contributed by atoms with van der Waals surface area (Å²) in [6.07, 6.45) is -0.101. The van der Waals surface area contributed by atoms with Crippen LogP contribution in [0.3, 0.4) is 0 Å². The van der Waals surface area contributed by atoms with E-state index in [4.69, 9.17) is 34.2 Å². The smallest absolute Gasteiger partial charge is 0.490 e. The number of hydrogen-bond donors (Lipinski definition) is 4. The summed E-state index contributed by atoms with van der Waals surface area (Å²) in [5, 5.41) is 23.1. The minimum atomic E-state index is -5.08. The van der Waals surface area contributed by atoms with Gasteiger partial charge in [-0.3, -0.25) is 5.10 Å². The number of methoxy groups -OCH3 is 1. The van der Waals surface area contributed by atoms with Gasteiger partial charge in [-0.2, -0.15) is 18.3 Å². The molecule has 0 radical (unpaired) electrons. The first-order valence-corrected chi connectivity index (χ1v) is 11.6. The number of aliphatic carboxylic acids is 1. The molecule has 0 amide bonds. The number of aliphatic hydroxyl groups is 1. The second-order valence-electron chi connectivity index (χ2n) is 8.39. The van der Waals surface area contributed by atoms with Crippen molar-refractivity contribution in [2.24, 2.45) is 0 Å². The predicted molar refractivity (Wildman–Crippen MR) is 129 cm³/mol. The van der Waals surface area contributed by atoms with Crippen LogP contribution in [0.4, 0.5) is 13.2 Å². The monoisotopic (exact) mass is 534 g/mol. The normalized spacial score (nSPS) is 14.7. The third kappa shape index (κ3) is 6.17. The number of alkyl halides is 3. The molecule has 2 aromatic carbocycles. The van der Waals surface area contributed by atoms with Crippen molar-refractivity contribution in [3.63, 3.8) is 0 Å². The van der Waals surface area contributed by atoms with E-state index >= 15 is 0 Å². The van der Waals surface area contributed by atoms with Gasteiger partial charge in [-0.25, -0.2) is 9.78 Å². The van der Waals surface area contributed by atoms with Gasteiger partial charge >= 0.3 is 12.1 Å². The van der Waals surface area contributed by atoms with Gasteiger partial charge in [0.05, 0.1) is 38.0 Å². The molecule has 5 rings (SSSR count). The first-order chi connectivity index (χ1) is 18.2. The molecule has 0 bridgehead atoms. The number of aromatic amines is 2. The Morgan fingerprint density at radius 1 is 1.24 bits per heavy atom. The second-order valence-corrected chi connectivity index (χ2v) is 8.39. The first kappa shape index (κ1) is 26.8. The molecule has 13 heteroatoms. The lowest BCUT2D eigenvalue weighted by molar-refractivity contribution is -0.192. The molecule has 3 heterocycles. The Morgan fingerprint density at radius 3 is 2.68 bits per heavy atom. The molecule has 202 valence electrons. The van der Waals surface area contributed by atoms with E-state index in [1.54, 1.807) is 13.3 Å². The van der Waals surface area contributed by atoms with Gasteiger partial charge in [0.25, 0.3) is 0 Å². The van der Waals surface area contributed by atoms with Gasteiger partial charge in [-0.1, -0.05) is 0 Å². The molecule has 0 saturated heterocycles. The highest BCUT2D eigenvalue weighted by atomic mass is 19.4. The van der Waals surface area contributed by atoms with E-state index in [9.17, 15) is 13.2 Å². The zero-order chi connectivity index (χ0) is 27.3. The Morgan fingerprint density at radius 2 is 2.03 bits per heavy atom. The number of halogens is 3. The quantitative estimate of drug-likeness (QED) is 0.260. The van der Waals surface area contributed by atoms with Crippen molar-refractivity contribution in [1.29, 1.82) is 0 Å². The number of nitrogens with one attached hydrogen (secondary N) is 2. The largest absolute Gasteiger partial charge is 0.497 e. The lowest BCUT2D eigenvalue weighted by Gasteiger charge is -2.24. The molecule has 4 N–H and O–H groups in total. The molecular formula is C25H25F3N4O6. The van der Waals surface area contributed by atoms with Crippen LogP contribution in [0.1, 0.15) is 23.7 Å². The third-order valence-electron chi connectivity index (χ3n) is 5.76. The Kier molecular flexibility index (Phi) is 8.05. The maximum absolute atomic E-state index is 10.6. The summed E-state index contributed by atoms with van der Waals surface area (Å²) in [5.74, 6) is 0.589. The van der Waals surface area contributed by atoms with Gasteiger partial charge in [-0.15, -0.1) is 0 Å². The molecule has 4 aromatic rings. The van der Waals surface area contributed by atoms with Crippen molar-refractivity contribution in [3.05, 3.63) is 54.1 Å². The van der Waals surface area contributed by atoms with E-state index in [0.29, 0.717) is 25.4 Å². The summed E-state index contributed by atoms with van der Waals surface area (Å²) >= 11 is 0. The van der Waals surface area contributed by atoms with Crippen molar-refractivity contribution in [1.82, 2.24) is 20.2 Å². The Balaban J connectivity index is 0.000000426. The van der Waals surface area contributed by atoms with Crippen LogP contribution < -0.4 is 14.2 Å². The van der Waals surface area contributed by atoms with Crippen molar-refractivity contribution in [2.45, 2.75) is 24.9 Å². The molecule has 1 aliphatic rings. The minimum absolute atomic E-state index is 0.0820. The number of fused-ring (bicyclic) bond motifs is 2. The van der Waals surface area contributed by atoms with Crippen LogP contribution in [0, 0.1) is 0 Å². The topological polar surface area (TPSA) is 143 Å². The van der Waals surface area contributed by atoms with Crippen LogP contribution in [0.25, 0.3) is 22.2 Å². The molecule has 1 atom stereocenters. The van der Waals surface area contributed by atoms with Crippen molar-refractivity contribution in [2.75, 3.05) is 26.9 Å². The van der Waals surface area contributed by atoms with Crippen LogP contribution in [-0.2, 0) is 11.2 Å². The second kappa shape index (κ2) is 11.4. The number of aromatic nitrogens is 4. The average Bonchev–Trinajstić information content (AvgIpc) is 3.58. The van der Waals surface area contributed by atoms with E-state index in [2.05, 4.69) is 21.2 Å². The lowest BCUT2D eigenvalue weighted by atomic mass is 9.96. The summed E-state index contributed by atoms with van der Waals surface area (Å²) in [7, 11) is 1.66. The van der Waals surface area contributed by atoms with E-state index in [0.717, 1.165) is 51.5 Å². The number of ether oxygens (including phenoxy) is 3. The summed E-state index contributed by atoms with van der Waals surface area (Å²) in [6, 6.07) is 9.90. The molecule has 10 nitrogen and oxygen atoms in total. The number of hydrogen-bond acceptors (Lipinski definition) is 7. The molecule has 0 spiro atoms. The highest BCUT2D eigenvalue weighted by Gasteiger charge is 2.38. The van der Waals surface area contributed by atoms with Gasteiger partial charge < -0.3 is 29.4 Å². The van der Waals surface area contributed by atoms with E-state index in [1.807, 2.05) is 30.5 Å². The van der Waals surface area contributed by atoms with Crippen LogP contribution in [0.5, 0.6) is 17.2 Å². The molecule has 0 fully saturated rings. The number of imidazole rings is 1. The summed E-state index contributed by atoms with van der Waals surface area (Å²) in [6.45, 7) is 1.05. The summed E-state index contributed by atoms with van der Waals surface area (Å²) in [5.41, 5.74) is 4.72. The standard InChI is InChI=1S/C23H24N4O4.C2HF3O2/c1-29-18-3-4-20-15(8-18)7-16(13-31-20)23-26-19-9-14(17-11-24-25-12-17)10-21(22(19)27-23)30-6-2-5-28;3-2(4,5)1(6)7/h3-4,8-12,16,28H,2,5-7,13H2,1H3,(H,24,25)(H,26,27);(H,6,7). The van der Waals surface area contributed by atoms with Gasteiger partial charge in [0.15, 0.2) is 0 Å². The molecule has 2 aromatic heterocycles. The number of H-pyrrole nitrogens is 2. The number of carboxylic acid groups (broad SMARTS) is 1.